The Kier molecular flexibility index (Phi) is 39.4. The number of benzene rings is 4. The Labute approximate surface area is 756 Å². The van der Waals surface area contributed by atoms with Gasteiger partial charge in [0, 0.05) is 119 Å². The average Bonchev–Trinajstić information content (AvgIpc) is 1.67. The molecule has 0 bridgehead atoms. The number of carbonyl (C=O) groups is 8. The van der Waals surface area contributed by atoms with Crippen molar-refractivity contribution in [1.29, 1.82) is 0 Å². The Hall–Kier alpha value is -15.0. The topological polar surface area (TPSA) is 575 Å². The molecule has 136 heavy (non-hydrogen) atoms. The molecule has 3 unspecified atom stereocenters. The number of nitrogens with zero attached hydrogens (tertiary/aromatic N) is 16. The van der Waals surface area contributed by atoms with Crippen LogP contribution in [-0.2, 0) is 72.1 Å². The van der Waals surface area contributed by atoms with E-state index in [9.17, 15) is 112 Å². The predicted octanol–water partition coefficient (Wildman–Crippen LogP) is 7.54. The van der Waals surface area contributed by atoms with Crippen LogP contribution in [0.2, 0.25) is 0 Å². The number of carboxylic acids is 1. The summed E-state index contributed by atoms with van der Waals surface area (Å²) >= 11 is 0.250. The maximum atomic E-state index is 13.5. The highest BCUT2D eigenvalue weighted by molar-refractivity contribution is 7.93. The van der Waals surface area contributed by atoms with Gasteiger partial charge in [0.25, 0.3) is 23.6 Å². The third-order valence-corrected chi connectivity index (χ3v) is 17.1. The fourth-order valence-electron chi connectivity index (χ4n) is 11.0. The van der Waals surface area contributed by atoms with Gasteiger partial charge in [0.1, 0.15) is 70.2 Å². The maximum absolute atomic E-state index is 13.5. The summed E-state index contributed by atoms with van der Waals surface area (Å²) in [4.78, 5) is 114. The number of aliphatic hydroxyl groups excluding tert-OH is 4. The fraction of sp³-hybridized carbons (Fsp3) is 0.325. The highest BCUT2D eigenvalue weighted by atomic mass is 32.2. The summed E-state index contributed by atoms with van der Waals surface area (Å²) in [5.41, 5.74) is -0.987. The Morgan fingerprint density at radius 1 is 0.375 bits per heavy atom. The summed E-state index contributed by atoms with van der Waals surface area (Å²) < 4.78 is 242. The van der Waals surface area contributed by atoms with Crippen LogP contribution in [0.4, 0.5) is 74.1 Å². The number of nitrogens with two attached hydrogens (primary N) is 1. The minimum atomic E-state index is -4.76. The van der Waals surface area contributed by atoms with Crippen molar-refractivity contribution in [3.63, 3.8) is 0 Å². The first-order valence-electron chi connectivity index (χ1n) is 38.5. The molecule has 12 rings (SSSR count). The zero-order valence-corrected chi connectivity index (χ0v) is 71.4. The first-order valence-corrected chi connectivity index (χ1v) is 39.6. The van der Waals surface area contributed by atoms with E-state index < -0.39 is 191 Å². The van der Waals surface area contributed by atoms with Crippen LogP contribution >= 0.6 is 12.1 Å². The second-order valence-electron chi connectivity index (χ2n) is 27.2. The number of carbonyl (C=O) groups excluding carboxylic acids is 7. The van der Waals surface area contributed by atoms with Crippen molar-refractivity contribution in [3.05, 3.63) is 214 Å². The van der Waals surface area contributed by atoms with E-state index in [2.05, 4.69) is 98.2 Å². The standard InChI is InChI=1S/3C19H18F4N6O4.C17H13F4N5O4.C2H7NO.CH3FS/c3*1-29-13(9-14(27-29)19(21,22)23)17(32)25-12(8-15(31)24-5-6-30)18-26-16(28-33-18)10-3-2-4-11(20)7-10;1-26-11(7-12(24-26)17(19,20)21)15(29)22-10(6-13(27)28)16-23-14(25-30-16)8-3-2-4-9(18)5-8;3-1-2-4;1-3-2/h3*2-4,7,9,12,30H,5-6,8H2,1H3,(H,24,31)(H,25,32);2-5,7,10H,6H2,1H3,(H,22,29)(H,27,28);4H,1-3H2;1H3/t12-;;;;;/m1...../s1. The summed E-state index contributed by atoms with van der Waals surface area (Å²) in [5, 5.41) is 87.7. The number of alkyl halides is 12. The quantitative estimate of drug-likeness (QED) is 0.0187. The molecule has 0 radical (unpaired) electrons. The van der Waals surface area contributed by atoms with E-state index in [-0.39, 0.29) is 127 Å². The third-order valence-electron chi connectivity index (χ3n) is 17.1. The Morgan fingerprint density at radius 3 is 0.750 bits per heavy atom. The van der Waals surface area contributed by atoms with E-state index in [1.54, 1.807) is 0 Å². The molecule has 0 aliphatic heterocycles. The Balaban J connectivity index is 0.000000241. The zero-order chi connectivity index (χ0) is 101. The van der Waals surface area contributed by atoms with Gasteiger partial charge in [-0.2, -0.15) is 96.9 Å². The first kappa shape index (κ1) is 108. The number of amides is 7. The number of hydrogen-bond acceptors (Lipinski definition) is 30. The van der Waals surface area contributed by atoms with E-state index in [0.717, 1.165) is 66.5 Å². The Bertz CT molecular complexity index is 5590. The first-order chi connectivity index (χ1) is 64.1. The molecule has 0 aliphatic carbocycles. The van der Waals surface area contributed by atoms with Gasteiger partial charge in [0.15, 0.2) is 22.8 Å². The molecule has 59 heteroatoms. The van der Waals surface area contributed by atoms with Crippen LogP contribution in [0.5, 0.6) is 0 Å². The molecular formula is C77H77F17N24O17S. The van der Waals surface area contributed by atoms with Gasteiger partial charge in [-0.3, -0.25) is 57.1 Å². The van der Waals surface area contributed by atoms with E-state index >= 15 is 0 Å². The fourth-order valence-corrected chi connectivity index (χ4v) is 11.0. The molecule has 8 aromatic heterocycles. The van der Waals surface area contributed by atoms with Gasteiger partial charge in [-0.1, -0.05) is 69.2 Å². The summed E-state index contributed by atoms with van der Waals surface area (Å²) in [6, 6.07) is 18.2. The molecule has 0 saturated heterocycles. The number of carboxylic acid groups (broad SMARTS) is 1. The predicted molar refractivity (Wildman–Crippen MR) is 430 cm³/mol. The van der Waals surface area contributed by atoms with Crippen LogP contribution in [0, 0.1) is 23.3 Å². The van der Waals surface area contributed by atoms with Gasteiger partial charge in [-0.05, 0) is 48.5 Å². The van der Waals surface area contributed by atoms with E-state index in [4.69, 9.17) is 49.4 Å². The molecule has 12 aromatic rings. The summed E-state index contributed by atoms with van der Waals surface area (Å²) in [6.45, 7) is -0.704. The molecule has 732 valence electrons. The van der Waals surface area contributed by atoms with Crippen molar-refractivity contribution in [2.75, 3.05) is 58.9 Å². The lowest BCUT2D eigenvalue weighted by Crippen LogP contribution is -2.35. The molecule has 4 aromatic carbocycles. The monoisotopic (exact) mass is 1960 g/mol. The molecule has 0 aliphatic rings. The lowest BCUT2D eigenvalue weighted by Gasteiger charge is -2.15. The van der Waals surface area contributed by atoms with Crippen molar-refractivity contribution in [1.82, 2.24) is 117 Å². The molecule has 14 N–H and O–H groups in total. The van der Waals surface area contributed by atoms with Crippen LogP contribution in [0.3, 0.4) is 0 Å². The average molecular weight is 1970 g/mol. The van der Waals surface area contributed by atoms with Crippen LogP contribution < -0.4 is 43.0 Å². The van der Waals surface area contributed by atoms with Crippen LogP contribution in [0.1, 0.15) is 138 Å². The molecule has 0 spiro atoms. The van der Waals surface area contributed by atoms with Crippen molar-refractivity contribution in [2.45, 2.75) is 74.6 Å². The summed E-state index contributed by atoms with van der Waals surface area (Å²) in [5.74, 6) is -10.5. The highest BCUT2D eigenvalue weighted by Crippen LogP contribution is 2.35. The minimum absolute atomic E-state index is 0.0283. The van der Waals surface area contributed by atoms with Crippen molar-refractivity contribution < 1.29 is 156 Å². The highest BCUT2D eigenvalue weighted by Gasteiger charge is 2.41. The number of rotatable bonds is 31. The normalized spacial score (nSPS) is 12.2. The largest absolute Gasteiger partial charge is 0.481 e. The van der Waals surface area contributed by atoms with Crippen LogP contribution in [0.15, 0.2) is 139 Å². The van der Waals surface area contributed by atoms with E-state index in [0.29, 0.717) is 35.5 Å². The number of nitrogens with one attached hydrogen (secondary N) is 7. The molecule has 0 fully saturated rings. The van der Waals surface area contributed by atoms with Crippen molar-refractivity contribution >= 4 is 59.5 Å². The van der Waals surface area contributed by atoms with Crippen LogP contribution in [-0.4, -0.2) is 211 Å². The zero-order valence-electron chi connectivity index (χ0n) is 70.5. The second-order valence-corrected chi connectivity index (χ2v) is 27.5. The van der Waals surface area contributed by atoms with E-state index in [1.807, 2.05) is 0 Å². The van der Waals surface area contributed by atoms with E-state index in [1.165, 1.54) is 79.1 Å². The van der Waals surface area contributed by atoms with Crippen molar-refractivity contribution in [2.24, 2.45) is 33.9 Å². The molecule has 41 nitrogen and oxygen atoms in total. The third kappa shape index (κ3) is 32.4. The van der Waals surface area contributed by atoms with Gasteiger partial charge in [0.2, 0.25) is 64.6 Å². The van der Waals surface area contributed by atoms with Crippen LogP contribution in [0.25, 0.3) is 45.6 Å². The number of hydrogen-bond donors (Lipinski definition) is 13. The number of aryl methyl sites for hydroxylation is 4. The maximum Gasteiger partial charge on any atom is 0.435 e. The molecule has 0 saturated carbocycles. The van der Waals surface area contributed by atoms with Gasteiger partial charge in [-0.15, -0.1) is 0 Å². The molecule has 8 heterocycles. The van der Waals surface area contributed by atoms with Gasteiger partial charge in [-0.25, -0.2) is 17.6 Å². The lowest BCUT2D eigenvalue weighted by molar-refractivity contribution is -0.142. The summed E-state index contributed by atoms with van der Waals surface area (Å²) in [7, 11) is 4.59. The number of aromatic nitrogens is 16. The summed E-state index contributed by atoms with van der Waals surface area (Å²) in [6.07, 6.45) is -19.6. The number of aliphatic carboxylic acids is 1. The minimum Gasteiger partial charge on any atom is -0.481 e. The lowest BCUT2D eigenvalue weighted by atomic mass is 10.1. The number of aliphatic hydroxyl groups is 4. The number of halogens is 17. The van der Waals surface area contributed by atoms with Gasteiger partial charge < -0.3 is 86.6 Å². The van der Waals surface area contributed by atoms with Crippen molar-refractivity contribution in [3.8, 4) is 45.6 Å². The molecule has 7 amide bonds. The smallest absolute Gasteiger partial charge is 0.435 e. The Morgan fingerprint density at radius 2 is 0.581 bits per heavy atom. The van der Waals surface area contributed by atoms with Gasteiger partial charge in [0.05, 0.1) is 52.1 Å². The molecular weight excluding hydrogens is 1890 g/mol. The second kappa shape index (κ2) is 49.7. The van der Waals surface area contributed by atoms with Gasteiger partial charge >= 0.3 is 30.7 Å². The SMILES string of the molecule is CSF.Cn1nc(C(F)(F)F)cc1C(=O)NC(CC(=O)NCCO)c1nc(-c2cccc(F)c2)no1.Cn1nc(C(F)(F)F)cc1C(=O)NC(CC(=O)NCCO)c1nc(-c2cccc(F)c2)no1.Cn1nc(C(F)(F)F)cc1C(=O)NC(CC(=O)O)c1nc(-c2cccc(F)c2)no1.Cn1nc(C(F)(F)F)cc1C(=O)N[C@H](CC(=O)NCCO)c1nc(-c2cccc(F)c2)no1.NCCO. The molecule has 4 atom stereocenters.